The van der Waals surface area contributed by atoms with Gasteiger partial charge in [-0.25, -0.2) is 0 Å². The van der Waals surface area contributed by atoms with E-state index in [0.717, 1.165) is 23.3 Å². The minimum absolute atomic E-state index is 0.00122. The number of ether oxygens (including phenoxy) is 1. The van der Waals surface area contributed by atoms with Gasteiger partial charge in [0.15, 0.2) is 0 Å². The summed E-state index contributed by atoms with van der Waals surface area (Å²) in [5, 5.41) is 0. The molecule has 0 fully saturated rings. The maximum absolute atomic E-state index is 13.3. The quantitative estimate of drug-likeness (QED) is 0.622. The molecule has 0 spiro atoms. The topological polar surface area (TPSA) is 49.9 Å². The Hall–Kier alpha value is -2.82. The Bertz CT molecular complexity index is 850. The van der Waals surface area contributed by atoms with Crippen molar-refractivity contribution in [2.45, 2.75) is 45.7 Å². The van der Waals surface area contributed by atoms with Gasteiger partial charge in [-0.15, -0.1) is 0 Å². The summed E-state index contributed by atoms with van der Waals surface area (Å²) in [7, 11) is 1.82. The highest BCUT2D eigenvalue weighted by atomic mass is 16.5. The molecule has 0 saturated heterocycles. The molecule has 0 bridgehead atoms. The number of hydrogen-bond acceptors (Lipinski definition) is 3. The van der Waals surface area contributed by atoms with E-state index in [2.05, 4.69) is 12.1 Å². The maximum Gasteiger partial charge on any atom is 0.245 e. The van der Waals surface area contributed by atoms with Crippen LogP contribution in [0.5, 0.6) is 5.75 Å². The number of para-hydroxylation sites is 1. The van der Waals surface area contributed by atoms with E-state index in [1.54, 1.807) is 9.80 Å². The highest BCUT2D eigenvalue weighted by molar-refractivity contribution is 5.88. The lowest BCUT2D eigenvalue weighted by molar-refractivity contribution is -0.146. The summed E-state index contributed by atoms with van der Waals surface area (Å²) in [6.45, 7) is 5.71. The average Bonchev–Trinajstić information content (AvgIpc) is 2.75. The summed E-state index contributed by atoms with van der Waals surface area (Å²) in [5.74, 6) is 1.15. The zero-order valence-corrected chi connectivity index (χ0v) is 18.2. The van der Waals surface area contributed by atoms with E-state index in [4.69, 9.17) is 4.74 Å². The molecule has 1 aliphatic rings. The van der Waals surface area contributed by atoms with Crippen molar-refractivity contribution >= 4 is 11.8 Å². The molecule has 2 aromatic rings. The number of amides is 2. The second-order valence-electron chi connectivity index (χ2n) is 8.38. The van der Waals surface area contributed by atoms with Crippen LogP contribution in [-0.4, -0.2) is 47.9 Å². The molecule has 5 nitrogen and oxygen atoms in total. The van der Waals surface area contributed by atoms with Crippen LogP contribution < -0.4 is 4.74 Å². The van der Waals surface area contributed by atoms with Gasteiger partial charge in [-0.05, 0) is 35.6 Å². The first-order chi connectivity index (χ1) is 14.5. The maximum atomic E-state index is 13.3. The van der Waals surface area contributed by atoms with Gasteiger partial charge in [-0.3, -0.25) is 9.59 Å². The second-order valence-corrected chi connectivity index (χ2v) is 8.38. The summed E-state index contributed by atoms with van der Waals surface area (Å²) in [4.78, 5) is 29.7. The molecule has 30 heavy (non-hydrogen) atoms. The van der Waals surface area contributed by atoms with Crippen LogP contribution >= 0.6 is 0 Å². The zero-order valence-electron chi connectivity index (χ0n) is 18.2. The van der Waals surface area contributed by atoms with Gasteiger partial charge in [0, 0.05) is 33.0 Å². The third-order valence-electron chi connectivity index (χ3n) is 5.46. The number of carbonyl (C=O) groups is 2. The second kappa shape index (κ2) is 10.3. The van der Waals surface area contributed by atoms with Crippen LogP contribution in [0.25, 0.3) is 0 Å². The van der Waals surface area contributed by atoms with Crippen molar-refractivity contribution in [2.24, 2.45) is 5.92 Å². The van der Waals surface area contributed by atoms with Gasteiger partial charge in [0.25, 0.3) is 0 Å². The first-order valence-corrected chi connectivity index (χ1v) is 10.7. The highest BCUT2D eigenvalue weighted by Crippen LogP contribution is 2.26. The summed E-state index contributed by atoms with van der Waals surface area (Å²) >= 11 is 0. The molecule has 0 N–H and O–H groups in total. The van der Waals surface area contributed by atoms with Crippen LogP contribution in [0, 0.1) is 5.92 Å². The SMILES string of the molecule is CC(C)CC(=O)N1Cc2ccccc2CC1C(=O)N(C)CCCOc1ccccc1. The number of carbonyl (C=O) groups excluding carboxylic acids is 2. The van der Waals surface area contributed by atoms with E-state index < -0.39 is 6.04 Å². The van der Waals surface area contributed by atoms with E-state index in [1.165, 1.54) is 0 Å². The summed E-state index contributed by atoms with van der Waals surface area (Å²) in [5.41, 5.74) is 2.29. The molecule has 3 rings (SSSR count). The van der Waals surface area contributed by atoms with E-state index >= 15 is 0 Å². The molecule has 0 aliphatic carbocycles. The number of hydrogen-bond donors (Lipinski definition) is 0. The number of benzene rings is 2. The Kier molecular flexibility index (Phi) is 7.50. The monoisotopic (exact) mass is 408 g/mol. The summed E-state index contributed by atoms with van der Waals surface area (Å²) in [6.07, 6.45) is 1.77. The van der Waals surface area contributed by atoms with Crippen LogP contribution in [0.4, 0.5) is 0 Å². The Balaban J connectivity index is 1.62. The molecular weight excluding hydrogens is 376 g/mol. The first kappa shape index (κ1) is 21.9. The van der Waals surface area contributed by atoms with Crippen LogP contribution in [0.2, 0.25) is 0 Å². The summed E-state index contributed by atoms with van der Waals surface area (Å²) < 4.78 is 5.73. The van der Waals surface area contributed by atoms with Gasteiger partial charge >= 0.3 is 0 Å². The van der Waals surface area contributed by atoms with E-state index in [0.29, 0.717) is 32.5 Å². The van der Waals surface area contributed by atoms with Gasteiger partial charge in [0.05, 0.1) is 6.61 Å². The number of likely N-dealkylation sites (N-methyl/N-ethyl adjacent to an activating group) is 1. The largest absolute Gasteiger partial charge is 0.494 e. The summed E-state index contributed by atoms with van der Waals surface area (Å²) in [6, 6.07) is 17.3. The van der Waals surface area contributed by atoms with Gasteiger partial charge in [-0.2, -0.15) is 0 Å². The predicted molar refractivity (Wildman–Crippen MR) is 118 cm³/mol. The van der Waals surface area contributed by atoms with Crippen molar-refractivity contribution in [1.82, 2.24) is 9.80 Å². The van der Waals surface area contributed by atoms with Gasteiger partial charge in [0.2, 0.25) is 11.8 Å². The van der Waals surface area contributed by atoms with Crippen molar-refractivity contribution in [3.8, 4) is 5.75 Å². The van der Waals surface area contributed by atoms with Gasteiger partial charge in [-0.1, -0.05) is 56.3 Å². The smallest absolute Gasteiger partial charge is 0.245 e. The molecule has 2 amide bonds. The van der Waals surface area contributed by atoms with E-state index in [9.17, 15) is 9.59 Å². The van der Waals surface area contributed by atoms with Gasteiger partial charge < -0.3 is 14.5 Å². The first-order valence-electron chi connectivity index (χ1n) is 10.7. The molecule has 160 valence electrons. The molecule has 1 atom stereocenters. The molecule has 5 heteroatoms. The molecular formula is C25H32N2O3. The molecule has 2 aromatic carbocycles. The molecule has 0 aromatic heterocycles. The minimum Gasteiger partial charge on any atom is -0.494 e. The van der Waals surface area contributed by atoms with Crippen LogP contribution in [0.15, 0.2) is 54.6 Å². The third kappa shape index (κ3) is 5.62. The Morgan fingerprint density at radius 2 is 1.73 bits per heavy atom. The lowest BCUT2D eigenvalue weighted by atomic mass is 9.92. The molecule has 0 radical (unpaired) electrons. The minimum atomic E-state index is -0.439. The normalized spacial score (nSPS) is 15.6. The van der Waals surface area contributed by atoms with Crippen LogP contribution in [0.3, 0.4) is 0 Å². The fourth-order valence-electron chi connectivity index (χ4n) is 3.85. The van der Waals surface area contributed by atoms with Crippen molar-refractivity contribution in [1.29, 1.82) is 0 Å². The lowest BCUT2D eigenvalue weighted by Gasteiger charge is -2.38. The Morgan fingerprint density at radius 3 is 2.43 bits per heavy atom. The average molecular weight is 409 g/mol. The molecule has 1 aliphatic heterocycles. The number of nitrogens with zero attached hydrogens (tertiary/aromatic N) is 2. The molecule has 1 heterocycles. The van der Waals surface area contributed by atoms with Crippen molar-refractivity contribution in [3.05, 3.63) is 65.7 Å². The van der Waals surface area contributed by atoms with Crippen LogP contribution in [-0.2, 0) is 22.6 Å². The fraction of sp³-hybridized carbons (Fsp3) is 0.440. The van der Waals surface area contributed by atoms with Crippen molar-refractivity contribution < 1.29 is 14.3 Å². The van der Waals surface area contributed by atoms with Crippen molar-refractivity contribution in [3.63, 3.8) is 0 Å². The Labute approximate surface area is 179 Å². The van der Waals surface area contributed by atoms with E-state index in [-0.39, 0.29) is 17.7 Å². The fourth-order valence-corrected chi connectivity index (χ4v) is 3.85. The molecule has 0 saturated carbocycles. The predicted octanol–water partition coefficient (Wildman–Crippen LogP) is 3.91. The number of fused-ring (bicyclic) bond motifs is 1. The molecule has 1 unspecified atom stereocenters. The van der Waals surface area contributed by atoms with Crippen molar-refractivity contribution in [2.75, 3.05) is 20.2 Å². The number of rotatable bonds is 8. The van der Waals surface area contributed by atoms with Crippen LogP contribution in [0.1, 0.15) is 37.8 Å². The van der Waals surface area contributed by atoms with E-state index in [1.807, 2.05) is 63.4 Å². The standard InChI is InChI=1S/C25H32N2O3/c1-19(2)16-24(28)27-18-21-11-8-7-10-20(21)17-23(27)25(29)26(3)14-9-15-30-22-12-5-4-6-13-22/h4-8,10-13,19,23H,9,14-18H2,1-3H3. The Morgan fingerprint density at radius 1 is 1.07 bits per heavy atom. The van der Waals surface area contributed by atoms with Gasteiger partial charge in [0.1, 0.15) is 11.8 Å². The zero-order chi connectivity index (χ0) is 21.5. The highest BCUT2D eigenvalue weighted by Gasteiger charge is 2.35. The lowest BCUT2D eigenvalue weighted by Crippen LogP contribution is -2.53. The third-order valence-corrected chi connectivity index (χ3v) is 5.46.